The number of piperidine rings is 1. The summed E-state index contributed by atoms with van der Waals surface area (Å²) < 4.78 is 31.5. The van der Waals surface area contributed by atoms with Gasteiger partial charge in [-0.2, -0.15) is 0 Å². The van der Waals surface area contributed by atoms with Gasteiger partial charge in [-0.05, 0) is 30.9 Å². The van der Waals surface area contributed by atoms with Crippen LogP contribution in [0.4, 0.5) is 14.6 Å². The third-order valence-corrected chi connectivity index (χ3v) is 5.05. The van der Waals surface area contributed by atoms with Crippen molar-refractivity contribution in [1.82, 2.24) is 10.3 Å². The first-order valence-electron chi connectivity index (χ1n) is 8.13. The molecule has 1 atom stereocenters. The second kappa shape index (κ2) is 5.95. The van der Waals surface area contributed by atoms with Crippen LogP contribution in [0, 0.1) is 5.41 Å². The predicted octanol–water partition coefficient (Wildman–Crippen LogP) is 2.77. The van der Waals surface area contributed by atoms with Crippen LogP contribution in [0.3, 0.4) is 0 Å². The van der Waals surface area contributed by atoms with Crippen LogP contribution in [-0.2, 0) is 4.74 Å². The quantitative estimate of drug-likeness (QED) is 0.858. The fraction of sp³-hybridized carbons (Fsp3) is 0.647. The summed E-state index contributed by atoms with van der Waals surface area (Å²) in [5.74, 6) is -2.34. The lowest BCUT2D eigenvalue weighted by molar-refractivity contribution is -0.174. The summed E-state index contributed by atoms with van der Waals surface area (Å²) in [6.45, 7) is 0.715. The summed E-state index contributed by atoms with van der Waals surface area (Å²) in [7, 11) is 5.02. The summed E-state index contributed by atoms with van der Waals surface area (Å²) in [5.41, 5.74) is 0.900. The predicted molar refractivity (Wildman–Crippen MR) is 86.5 cm³/mol. The molecule has 1 aromatic rings. The van der Waals surface area contributed by atoms with Gasteiger partial charge in [-0.25, -0.2) is 18.6 Å². The molecule has 24 heavy (non-hydrogen) atoms. The third-order valence-electron chi connectivity index (χ3n) is 5.05. The molecule has 1 spiro atoms. The standard InChI is InChI=1S/C17H23F2N3O2/c1-22(2)14-11(4-5-12(21-14)15(23)24-3)13-8-16(6-7-20-13)9-17(18,19)10-16/h4-5,13,20H,6-10H2,1-3H3. The van der Waals surface area contributed by atoms with Gasteiger partial charge in [0.05, 0.1) is 7.11 Å². The van der Waals surface area contributed by atoms with Crippen molar-refractivity contribution in [2.75, 3.05) is 32.6 Å². The van der Waals surface area contributed by atoms with Crippen molar-refractivity contribution in [2.24, 2.45) is 5.41 Å². The Morgan fingerprint density at radius 2 is 2.08 bits per heavy atom. The number of hydrogen-bond donors (Lipinski definition) is 1. The van der Waals surface area contributed by atoms with Crippen LogP contribution in [0.2, 0.25) is 0 Å². The first-order chi connectivity index (χ1) is 11.3. The average molecular weight is 339 g/mol. The highest BCUT2D eigenvalue weighted by Gasteiger charge is 2.57. The molecule has 1 unspecified atom stereocenters. The van der Waals surface area contributed by atoms with Gasteiger partial charge in [0, 0.05) is 38.5 Å². The summed E-state index contributed by atoms with van der Waals surface area (Å²) in [6.07, 6.45) is 1.40. The lowest BCUT2D eigenvalue weighted by atomic mass is 9.59. The van der Waals surface area contributed by atoms with E-state index in [0.717, 1.165) is 12.0 Å². The molecule has 1 aliphatic carbocycles. The van der Waals surface area contributed by atoms with E-state index >= 15 is 0 Å². The van der Waals surface area contributed by atoms with E-state index in [2.05, 4.69) is 10.3 Å². The summed E-state index contributed by atoms with van der Waals surface area (Å²) in [5, 5.41) is 3.42. The van der Waals surface area contributed by atoms with Crippen LogP contribution in [0.1, 0.15) is 47.8 Å². The van der Waals surface area contributed by atoms with Crippen LogP contribution in [0.15, 0.2) is 12.1 Å². The van der Waals surface area contributed by atoms with Gasteiger partial charge in [-0.15, -0.1) is 0 Å². The lowest BCUT2D eigenvalue weighted by Gasteiger charge is -2.52. The maximum absolute atomic E-state index is 13.4. The van der Waals surface area contributed by atoms with E-state index in [0.29, 0.717) is 18.8 Å². The average Bonchev–Trinajstić information content (AvgIpc) is 2.51. The lowest BCUT2D eigenvalue weighted by Crippen LogP contribution is -2.52. The van der Waals surface area contributed by atoms with Crippen LogP contribution in [0.5, 0.6) is 0 Å². The zero-order valence-corrected chi connectivity index (χ0v) is 14.2. The van der Waals surface area contributed by atoms with Gasteiger partial charge in [0.15, 0.2) is 5.69 Å². The molecule has 1 saturated carbocycles. The molecule has 0 radical (unpaired) electrons. The second-order valence-corrected chi connectivity index (χ2v) is 7.17. The summed E-state index contributed by atoms with van der Waals surface area (Å²) in [6, 6.07) is 3.45. The number of carbonyl (C=O) groups excluding carboxylic acids is 1. The molecule has 132 valence electrons. The largest absolute Gasteiger partial charge is 0.464 e. The number of halogens is 2. The number of anilines is 1. The number of esters is 1. The van der Waals surface area contributed by atoms with E-state index in [1.54, 1.807) is 6.07 Å². The highest BCUT2D eigenvalue weighted by atomic mass is 19.3. The van der Waals surface area contributed by atoms with Crippen molar-refractivity contribution in [3.05, 3.63) is 23.4 Å². The second-order valence-electron chi connectivity index (χ2n) is 7.17. The number of pyridine rings is 1. The van der Waals surface area contributed by atoms with Crippen molar-refractivity contribution >= 4 is 11.8 Å². The topological polar surface area (TPSA) is 54.5 Å². The van der Waals surface area contributed by atoms with Crippen LogP contribution >= 0.6 is 0 Å². The molecular formula is C17H23F2N3O2. The molecular weight excluding hydrogens is 316 g/mol. The highest BCUT2D eigenvalue weighted by Crippen LogP contribution is 2.59. The number of aromatic nitrogens is 1. The first kappa shape index (κ1) is 17.1. The van der Waals surface area contributed by atoms with Crippen molar-refractivity contribution < 1.29 is 18.3 Å². The number of alkyl halides is 2. The fourth-order valence-electron chi connectivity index (χ4n) is 4.01. The third kappa shape index (κ3) is 3.09. The number of nitrogens with zero attached hydrogens (tertiary/aromatic N) is 2. The maximum Gasteiger partial charge on any atom is 0.356 e. The Morgan fingerprint density at radius 3 is 2.67 bits per heavy atom. The fourth-order valence-corrected chi connectivity index (χ4v) is 4.01. The van der Waals surface area contributed by atoms with E-state index in [4.69, 9.17) is 4.74 Å². The molecule has 0 amide bonds. The smallest absolute Gasteiger partial charge is 0.356 e. The zero-order chi connectivity index (χ0) is 17.5. The summed E-state index contributed by atoms with van der Waals surface area (Å²) >= 11 is 0. The molecule has 0 aromatic carbocycles. The Morgan fingerprint density at radius 1 is 1.38 bits per heavy atom. The Kier molecular flexibility index (Phi) is 4.23. The number of methoxy groups -OCH3 is 1. The number of rotatable bonds is 3. The van der Waals surface area contributed by atoms with Crippen LogP contribution < -0.4 is 10.2 Å². The molecule has 2 fully saturated rings. The van der Waals surface area contributed by atoms with Gasteiger partial charge in [0.25, 0.3) is 0 Å². The van der Waals surface area contributed by atoms with Gasteiger partial charge < -0.3 is 15.0 Å². The molecule has 1 aliphatic heterocycles. The SMILES string of the molecule is COC(=O)c1ccc(C2CC3(CCN2)CC(F)(F)C3)c(N(C)C)n1. The van der Waals surface area contributed by atoms with Gasteiger partial charge >= 0.3 is 5.97 Å². The minimum Gasteiger partial charge on any atom is -0.464 e. The molecule has 1 aromatic heterocycles. The molecule has 2 aliphatic rings. The minimum absolute atomic E-state index is 0.0247. The van der Waals surface area contributed by atoms with Crippen LogP contribution in [-0.4, -0.2) is 44.6 Å². The Hall–Kier alpha value is -1.76. The maximum atomic E-state index is 13.4. The molecule has 5 nitrogen and oxygen atoms in total. The zero-order valence-electron chi connectivity index (χ0n) is 14.2. The Balaban J connectivity index is 1.87. The number of nitrogens with one attached hydrogen (secondary N) is 1. The van der Waals surface area contributed by atoms with E-state index in [1.165, 1.54) is 7.11 Å². The van der Waals surface area contributed by atoms with Gasteiger partial charge in [0.1, 0.15) is 5.82 Å². The monoisotopic (exact) mass is 339 g/mol. The van der Waals surface area contributed by atoms with E-state index in [9.17, 15) is 13.6 Å². The first-order valence-corrected chi connectivity index (χ1v) is 8.13. The minimum atomic E-state index is -2.51. The molecule has 7 heteroatoms. The normalized spacial score (nSPS) is 24.3. The highest BCUT2D eigenvalue weighted by molar-refractivity contribution is 5.87. The molecule has 2 heterocycles. The van der Waals surface area contributed by atoms with Crippen molar-refractivity contribution in [3.63, 3.8) is 0 Å². The van der Waals surface area contributed by atoms with Crippen molar-refractivity contribution in [2.45, 2.75) is 37.6 Å². The Bertz CT molecular complexity index is 641. The van der Waals surface area contributed by atoms with E-state index < -0.39 is 11.9 Å². The van der Waals surface area contributed by atoms with Crippen molar-refractivity contribution in [3.8, 4) is 0 Å². The van der Waals surface area contributed by atoms with E-state index in [1.807, 2.05) is 25.1 Å². The van der Waals surface area contributed by atoms with Gasteiger partial charge in [-0.1, -0.05) is 6.07 Å². The number of carbonyl (C=O) groups is 1. The van der Waals surface area contributed by atoms with Gasteiger partial charge in [-0.3, -0.25) is 0 Å². The van der Waals surface area contributed by atoms with Gasteiger partial charge in [0.2, 0.25) is 5.92 Å². The Labute approximate surface area is 140 Å². The number of ether oxygens (including phenoxy) is 1. The van der Waals surface area contributed by atoms with E-state index in [-0.39, 0.29) is 30.0 Å². The van der Waals surface area contributed by atoms with Crippen LogP contribution in [0.25, 0.3) is 0 Å². The molecule has 3 rings (SSSR count). The molecule has 1 saturated heterocycles. The number of hydrogen-bond acceptors (Lipinski definition) is 5. The molecule has 1 N–H and O–H groups in total. The summed E-state index contributed by atoms with van der Waals surface area (Å²) in [4.78, 5) is 17.9. The molecule has 0 bridgehead atoms. The van der Waals surface area contributed by atoms with Crippen molar-refractivity contribution in [1.29, 1.82) is 0 Å².